The largest absolute Gasteiger partial charge is 0.383 e. The Bertz CT molecular complexity index is 858. The quantitative estimate of drug-likeness (QED) is 0.750. The number of nitrogen functional groups attached to an aromatic ring is 1. The summed E-state index contributed by atoms with van der Waals surface area (Å²) in [5, 5.41) is 0. The van der Waals surface area contributed by atoms with Crippen LogP contribution in [0.1, 0.15) is 17.1 Å². The average Bonchev–Trinajstić information content (AvgIpc) is 2.58. The van der Waals surface area contributed by atoms with Crippen molar-refractivity contribution in [1.82, 2.24) is 19.9 Å². The van der Waals surface area contributed by atoms with E-state index in [2.05, 4.69) is 24.9 Å². The first kappa shape index (κ1) is 14.8. The molecule has 3 aromatic heterocycles. The molecule has 0 aliphatic rings. The number of hydrogen-bond acceptors (Lipinski definition) is 6. The van der Waals surface area contributed by atoms with Crippen LogP contribution in [0.2, 0.25) is 0 Å². The van der Waals surface area contributed by atoms with Gasteiger partial charge in [-0.3, -0.25) is 15.0 Å². The zero-order valence-electron chi connectivity index (χ0n) is 12.9. The number of aryl methyl sites for hydroxylation is 1. The fraction of sp³-hybridized carbons (Fsp3) is 0.118. The molecule has 2 N–H and O–H groups in total. The summed E-state index contributed by atoms with van der Waals surface area (Å²) in [7, 11) is 1.71. The Morgan fingerprint density at radius 3 is 2.52 bits per heavy atom. The monoisotopic (exact) mass is 304 g/mol. The maximum atomic E-state index is 6.12. The Morgan fingerprint density at radius 1 is 1.09 bits per heavy atom. The average molecular weight is 304 g/mol. The lowest BCUT2D eigenvalue weighted by Crippen LogP contribution is -2.12. The highest BCUT2D eigenvalue weighted by atomic mass is 15.0. The molecule has 3 aromatic rings. The molecule has 6 heteroatoms. The van der Waals surface area contributed by atoms with Crippen LogP contribution >= 0.6 is 0 Å². The van der Waals surface area contributed by atoms with Crippen molar-refractivity contribution in [2.75, 3.05) is 12.8 Å². The standard InChI is InChI=1S/C17H16N6/c1-11-13(4-3-7-21-11)15(19-2)17-22-10-14(16(18)23-17)12-5-8-20-9-6-12/h3-10H,1-2H3,(H2,18,22,23)/b19-15+. The van der Waals surface area contributed by atoms with Crippen molar-refractivity contribution in [2.45, 2.75) is 6.92 Å². The van der Waals surface area contributed by atoms with Crippen LogP contribution in [0, 0.1) is 6.92 Å². The Balaban J connectivity index is 2.05. The van der Waals surface area contributed by atoms with Crippen LogP contribution in [0.5, 0.6) is 0 Å². The number of nitrogens with zero attached hydrogens (tertiary/aromatic N) is 5. The smallest absolute Gasteiger partial charge is 0.180 e. The van der Waals surface area contributed by atoms with E-state index in [4.69, 9.17) is 5.73 Å². The number of aliphatic imine (C=N–C) groups is 1. The molecule has 0 fully saturated rings. The minimum absolute atomic E-state index is 0.406. The normalized spacial score (nSPS) is 11.5. The van der Waals surface area contributed by atoms with Crippen molar-refractivity contribution < 1.29 is 0 Å². The van der Waals surface area contributed by atoms with E-state index in [0.29, 0.717) is 17.4 Å². The summed E-state index contributed by atoms with van der Waals surface area (Å²) < 4.78 is 0. The van der Waals surface area contributed by atoms with Crippen LogP contribution in [0.15, 0.2) is 54.0 Å². The molecule has 3 heterocycles. The van der Waals surface area contributed by atoms with Crippen LogP contribution in [0.25, 0.3) is 11.1 Å². The maximum absolute atomic E-state index is 6.12. The third-order valence-electron chi connectivity index (χ3n) is 3.51. The third-order valence-corrected chi connectivity index (χ3v) is 3.51. The molecule has 0 spiro atoms. The minimum Gasteiger partial charge on any atom is -0.383 e. The van der Waals surface area contributed by atoms with Crippen LogP contribution in [-0.2, 0) is 0 Å². The van der Waals surface area contributed by atoms with Gasteiger partial charge in [-0.2, -0.15) is 0 Å². The summed E-state index contributed by atoms with van der Waals surface area (Å²) in [6, 6.07) is 7.55. The second-order valence-electron chi connectivity index (χ2n) is 4.94. The summed E-state index contributed by atoms with van der Waals surface area (Å²) in [5.41, 5.74) is 10.3. The molecule has 0 unspecified atom stereocenters. The molecule has 23 heavy (non-hydrogen) atoms. The molecule has 0 saturated heterocycles. The van der Waals surface area contributed by atoms with Gasteiger partial charge in [-0.05, 0) is 36.8 Å². The Kier molecular flexibility index (Phi) is 4.05. The lowest BCUT2D eigenvalue weighted by molar-refractivity contribution is 1.12. The van der Waals surface area contributed by atoms with Gasteiger partial charge >= 0.3 is 0 Å². The number of nitrogens with two attached hydrogens (primary N) is 1. The highest BCUT2D eigenvalue weighted by Gasteiger charge is 2.14. The first-order valence-electron chi connectivity index (χ1n) is 7.12. The van der Waals surface area contributed by atoms with Crippen LogP contribution in [-0.4, -0.2) is 32.7 Å². The van der Waals surface area contributed by atoms with E-state index in [1.165, 1.54) is 0 Å². The first-order chi connectivity index (χ1) is 11.2. The molecule has 114 valence electrons. The Morgan fingerprint density at radius 2 is 1.87 bits per heavy atom. The maximum Gasteiger partial charge on any atom is 0.180 e. The minimum atomic E-state index is 0.406. The van der Waals surface area contributed by atoms with Gasteiger partial charge in [0.05, 0.1) is 0 Å². The van der Waals surface area contributed by atoms with E-state index in [-0.39, 0.29) is 0 Å². The highest BCUT2D eigenvalue weighted by molar-refractivity contribution is 6.11. The zero-order chi connectivity index (χ0) is 16.2. The predicted octanol–water partition coefficient (Wildman–Crippen LogP) is 2.29. The summed E-state index contributed by atoms with van der Waals surface area (Å²) in [6.45, 7) is 1.93. The van der Waals surface area contributed by atoms with Gasteiger partial charge in [0.1, 0.15) is 11.5 Å². The number of pyridine rings is 2. The van der Waals surface area contributed by atoms with E-state index in [1.807, 2.05) is 31.2 Å². The molecule has 0 radical (unpaired) electrons. The van der Waals surface area contributed by atoms with Gasteiger partial charge in [0.2, 0.25) is 0 Å². The van der Waals surface area contributed by atoms with Crippen molar-refractivity contribution >= 4 is 11.5 Å². The molecule has 0 atom stereocenters. The summed E-state index contributed by atoms with van der Waals surface area (Å²) in [6.07, 6.45) is 6.87. The van der Waals surface area contributed by atoms with Gasteiger partial charge < -0.3 is 5.73 Å². The molecule has 0 aromatic carbocycles. The van der Waals surface area contributed by atoms with E-state index in [1.54, 1.807) is 31.8 Å². The summed E-state index contributed by atoms with van der Waals surface area (Å²) in [4.78, 5) is 21.5. The predicted molar refractivity (Wildman–Crippen MR) is 90.2 cm³/mol. The molecule has 0 aliphatic heterocycles. The van der Waals surface area contributed by atoms with E-state index >= 15 is 0 Å². The van der Waals surface area contributed by atoms with E-state index in [9.17, 15) is 0 Å². The Labute approximate surface area is 134 Å². The number of hydrogen-bond donors (Lipinski definition) is 1. The lowest BCUT2D eigenvalue weighted by Gasteiger charge is -2.10. The summed E-state index contributed by atoms with van der Waals surface area (Å²) >= 11 is 0. The van der Waals surface area contributed by atoms with Crippen molar-refractivity contribution in [1.29, 1.82) is 0 Å². The molecule has 0 bridgehead atoms. The number of rotatable bonds is 3. The second-order valence-corrected chi connectivity index (χ2v) is 4.94. The van der Waals surface area contributed by atoms with Gasteiger partial charge in [-0.25, -0.2) is 9.97 Å². The van der Waals surface area contributed by atoms with Crippen LogP contribution in [0.4, 0.5) is 5.82 Å². The van der Waals surface area contributed by atoms with E-state index < -0.39 is 0 Å². The highest BCUT2D eigenvalue weighted by Crippen LogP contribution is 2.23. The van der Waals surface area contributed by atoms with Crippen molar-refractivity contribution in [3.8, 4) is 11.1 Å². The first-order valence-corrected chi connectivity index (χ1v) is 7.12. The SMILES string of the molecule is C/N=C(/c1ncc(-c2ccncc2)c(N)n1)c1cccnc1C. The van der Waals surface area contributed by atoms with Crippen LogP contribution in [0.3, 0.4) is 0 Å². The molecule has 0 saturated carbocycles. The van der Waals surface area contributed by atoms with Crippen LogP contribution < -0.4 is 5.73 Å². The topological polar surface area (TPSA) is 89.9 Å². The van der Waals surface area contributed by atoms with Gasteiger partial charge in [0, 0.05) is 48.7 Å². The van der Waals surface area contributed by atoms with E-state index in [0.717, 1.165) is 22.4 Å². The molecular weight excluding hydrogens is 288 g/mol. The molecular formula is C17H16N6. The molecule has 6 nitrogen and oxygen atoms in total. The number of aromatic nitrogens is 4. The fourth-order valence-electron chi connectivity index (χ4n) is 2.34. The number of anilines is 1. The zero-order valence-corrected chi connectivity index (χ0v) is 12.9. The summed E-state index contributed by atoms with van der Waals surface area (Å²) in [5.74, 6) is 0.891. The Hall–Kier alpha value is -3.15. The van der Waals surface area contributed by atoms with Crippen molar-refractivity contribution in [3.63, 3.8) is 0 Å². The second kappa shape index (κ2) is 6.31. The molecule has 0 aliphatic carbocycles. The molecule has 3 rings (SSSR count). The van der Waals surface area contributed by atoms with Gasteiger partial charge in [-0.1, -0.05) is 0 Å². The lowest BCUT2D eigenvalue weighted by atomic mass is 10.1. The van der Waals surface area contributed by atoms with Gasteiger partial charge in [0.15, 0.2) is 5.82 Å². The van der Waals surface area contributed by atoms with Gasteiger partial charge in [0.25, 0.3) is 0 Å². The fourth-order valence-corrected chi connectivity index (χ4v) is 2.34. The molecule has 0 amide bonds. The van der Waals surface area contributed by atoms with Crippen molar-refractivity contribution in [2.24, 2.45) is 4.99 Å². The van der Waals surface area contributed by atoms with Crippen molar-refractivity contribution in [3.05, 3.63) is 66.1 Å². The third kappa shape index (κ3) is 2.91. The van der Waals surface area contributed by atoms with Gasteiger partial charge in [-0.15, -0.1) is 0 Å².